The highest BCUT2D eigenvalue weighted by Crippen LogP contribution is 2.69. The first-order chi connectivity index (χ1) is 14.6. The molecule has 4 unspecified atom stereocenters. The number of pyridine rings is 1. The molecule has 3 aliphatic carbocycles. The van der Waals surface area contributed by atoms with Crippen LogP contribution in [0.1, 0.15) is 64.9 Å². The molecule has 0 aliphatic heterocycles. The molecule has 5 rings (SSSR count). The predicted octanol–water partition coefficient (Wildman–Crippen LogP) is 7.99. The summed E-state index contributed by atoms with van der Waals surface area (Å²) in [4.78, 5) is 4.52. The maximum atomic E-state index is 4.52. The molecule has 0 bridgehead atoms. The summed E-state index contributed by atoms with van der Waals surface area (Å²) in [6, 6.07) is 10.6. The van der Waals surface area contributed by atoms with Crippen LogP contribution < -0.4 is 0 Å². The third kappa shape index (κ3) is 2.85. The van der Waals surface area contributed by atoms with Crippen molar-refractivity contribution in [3.05, 3.63) is 72.0 Å². The molecule has 3 aliphatic rings. The number of hydrogen-bond donors (Lipinski definition) is 0. The van der Waals surface area contributed by atoms with Crippen molar-refractivity contribution in [2.24, 2.45) is 28.6 Å². The Morgan fingerprint density at radius 3 is 2.77 bits per heavy atom. The molecule has 156 valence electrons. The Morgan fingerprint density at radius 2 is 1.93 bits per heavy atom. The zero-order valence-electron chi connectivity index (χ0n) is 18.8. The summed E-state index contributed by atoms with van der Waals surface area (Å²) in [5.41, 5.74) is 4.80. The van der Waals surface area contributed by atoms with E-state index < -0.39 is 0 Å². The summed E-state index contributed by atoms with van der Waals surface area (Å²) in [5.74, 6) is 2.30. The number of allylic oxidation sites excluding steroid dienone is 5. The minimum absolute atomic E-state index is 0.430. The summed E-state index contributed by atoms with van der Waals surface area (Å²) in [6.45, 7) is 7.50. The van der Waals surface area contributed by atoms with Gasteiger partial charge in [-0.1, -0.05) is 74.9 Å². The number of rotatable bonds is 4. The molecule has 2 aromatic rings. The normalized spacial score (nSPS) is 32.2. The van der Waals surface area contributed by atoms with Gasteiger partial charge in [0.15, 0.2) is 0 Å². The van der Waals surface area contributed by atoms with Crippen molar-refractivity contribution in [1.82, 2.24) is 4.98 Å². The van der Waals surface area contributed by atoms with E-state index in [1.807, 2.05) is 6.20 Å². The lowest BCUT2D eigenvalue weighted by atomic mass is 9.62. The topological polar surface area (TPSA) is 12.9 Å². The Hall–Kier alpha value is -2.15. The molecule has 30 heavy (non-hydrogen) atoms. The SMILES string of the molecule is CCC1(CC)C2C=C(/C=C/c3ccnc4ccccc34)CCC2C2(C)CCC=CC21. The first-order valence-corrected chi connectivity index (χ1v) is 12.0. The lowest BCUT2D eigenvalue weighted by Crippen LogP contribution is -2.35. The van der Waals surface area contributed by atoms with Crippen molar-refractivity contribution >= 4 is 17.0 Å². The first-order valence-electron chi connectivity index (χ1n) is 12.0. The summed E-state index contributed by atoms with van der Waals surface area (Å²) < 4.78 is 0. The van der Waals surface area contributed by atoms with Gasteiger partial charge in [-0.05, 0) is 84.8 Å². The summed E-state index contributed by atoms with van der Waals surface area (Å²) >= 11 is 0. The fourth-order valence-electron chi connectivity index (χ4n) is 7.47. The number of benzene rings is 1. The average molecular weight is 398 g/mol. The summed E-state index contributed by atoms with van der Waals surface area (Å²) in [5, 5.41) is 1.24. The molecule has 0 saturated heterocycles. The van der Waals surface area contributed by atoms with Gasteiger partial charge in [-0.3, -0.25) is 4.98 Å². The fourth-order valence-corrected chi connectivity index (χ4v) is 7.47. The van der Waals surface area contributed by atoms with Crippen LogP contribution in [0.2, 0.25) is 0 Å². The van der Waals surface area contributed by atoms with Crippen LogP contribution in [0.25, 0.3) is 17.0 Å². The minimum atomic E-state index is 0.430. The molecular formula is C29H35N. The van der Waals surface area contributed by atoms with E-state index in [-0.39, 0.29) is 0 Å². The highest BCUT2D eigenvalue weighted by atomic mass is 14.7. The maximum Gasteiger partial charge on any atom is 0.0707 e. The van der Waals surface area contributed by atoms with Crippen LogP contribution in [0.15, 0.2) is 66.4 Å². The van der Waals surface area contributed by atoms with Gasteiger partial charge in [-0.25, -0.2) is 0 Å². The Kier molecular flexibility index (Phi) is 4.96. The van der Waals surface area contributed by atoms with E-state index in [0.717, 1.165) is 17.4 Å². The standard InChI is InChI=1S/C29H35N/c1-4-29(5-2)25-20-21(14-16-24(25)28(3)18-9-8-12-27(28)29)13-15-22-17-19-30-26-11-7-6-10-23(22)26/h6-8,10-13,15,17,19-20,24-25,27H,4-5,9,14,16,18H2,1-3H3/b15-13+. The van der Waals surface area contributed by atoms with Gasteiger partial charge in [0.2, 0.25) is 0 Å². The Labute approximate surface area is 182 Å². The molecule has 1 fully saturated rings. The van der Waals surface area contributed by atoms with Gasteiger partial charge in [0.25, 0.3) is 0 Å². The highest BCUT2D eigenvalue weighted by Gasteiger charge is 2.62. The van der Waals surface area contributed by atoms with E-state index in [1.165, 1.54) is 55.0 Å². The fraction of sp³-hybridized carbons (Fsp3) is 0.483. The van der Waals surface area contributed by atoms with Crippen molar-refractivity contribution in [1.29, 1.82) is 0 Å². The number of fused-ring (bicyclic) bond motifs is 4. The van der Waals surface area contributed by atoms with Crippen molar-refractivity contribution in [3.8, 4) is 0 Å². The largest absolute Gasteiger partial charge is 0.256 e. The van der Waals surface area contributed by atoms with Gasteiger partial charge in [0.1, 0.15) is 0 Å². The lowest BCUT2D eigenvalue weighted by Gasteiger charge is -2.43. The molecule has 1 aromatic heterocycles. The van der Waals surface area contributed by atoms with E-state index in [0.29, 0.717) is 16.7 Å². The van der Waals surface area contributed by atoms with Crippen LogP contribution >= 0.6 is 0 Å². The van der Waals surface area contributed by atoms with Gasteiger partial charge in [-0.15, -0.1) is 0 Å². The molecule has 0 N–H and O–H groups in total. The zero-order chi connectivity index (χ0) is 20.8. The third-order valence-electron chi connectivity index (χ3n) is 9.07. The second-order valence-electron chi connectivity index (χ2n) is 10.1. The molecule has 4 atom stereocenters. The van der Waals surface area contributed by atoms with Crippen LogP contribution in [-0.2, 0) is 0 Å². The molecule has 0 amide bonds. The number of aromatic nitrogens is 1. The Balaban J connectivity index is 1.51. The summed E-state index contributed by atoms with van der Waals surface area (Å²) in [7, 11) is 0. The molecule has 1 heteroatoms. The highest BCUT2D eigenvalue weighted by molar-refractivity contribution is 5.87. The van der Waals surface area contributed by atoms with Crippen molar-refractivity contribution in [3.63, 3.8) is 0 Å². The van der Waals surface area contributed by atoms with Gasteiger partial charge in [0.05, 0.1) is 5.52 Å². The molecule has 1 aromatic carbocycles. The van der Waals surface area contributed by atoms with Crippen LogP contribution in [0.4, 0.5) is 0 Å². The average Bonchev–Trinajstić information content (AvgIpc) is 3.02. The van der Waals surface area contributed by atoms with Crippen molar-refractivity contribution < 1.29 is 0 Å². The monoisotopic (exact) mass is 397 g/mol. The van der Waals surface area contributed by atoms with Gasteiger partial charge < -0.3 is 0 Å². The molecule has 0 spiro atoms. The van der Waals surface area contributed by atoms with Crippen LogP contribution in [0, 0.1) is 28.6 Å². The van der Waals surface area contributed by atoms with Gasteiger partial charge in [0, 0.05) is 11.6 Å². The van der Waals surface area contributed by atoms with E-state index in [2.05, 4.69) is 86.5 Å². The number of hydrogen-bond acceptors (Lipinski definition) is 1. The lowest BCUT2D eigenvalue weighted by molar-refractivity contribution is 0.108. The quantitative estimate of drug-likeness (QED) is 0.476. The molecule has 1 nitrogen and oxygen atoms in total. The van der Waals surface area contributed by atoms with E-state index >= 15 is 0 Å². The van der Waals surface area contributed by atoms with Crippen LogP contribution in [0.5, 0.6) is 0 Å². The molecule has 0 radical (unpaired) electrons. The van der Waals surface area contributed by atoms with Crippen LogP contribution in [-0.4, -0.2) is 4.98 Å². The molecule has 1 heterocycles. The van der Waals surface area contributed by atoms with Crippen molar-refractivity contribution in [2.75, 3.05) is 0 Å². The second-order valence-corrected chi connectivity index (χ2v) is 10.1. The predicted molar refractivity (Wildman–Crippen MR) is 128 cm³/mol. The van der Waals surface area contributed by atoms with Gasteiger partial charge >= 0.3 is 0 Å². The number of para-hydroxylation sites is 1. The first kappa shape index (κ1) is 19.8. The summed E-state index contributed by atoms with van der Waals surface area (Å²) in [6.07, 6.45) is 22.2. The van der Waals surface area contributed by atoms with Crippen molar-refractivity contribution in [2.45, 2.75) is 59.3 Å². The van der Waals surface area contributed by atoms with E-state index in [4.69, 9.17) is 0 Å². The maximum absolute atomic E-state index is 4.52. The molecular weight excluding hydrogens is 362 g/mol. The third-order valence-corrected chi connectivity index (χ3v) is 9.07. The van der Waals surface area contributed by atoms with E-state index in [9.17, 15) is 0 Å². The second kappa shape index (κ2) is 7.52. The Bertz CT molecular complexity index is 1020. The Morgan fingerprint density at radius 1 is 1.10 bits per heavy atom. The van der Waals surface area contributed by atoms with Crippen LogP contribution in [0.3, 0.4) is 0 Å². The number of nitrogens with zero attached hydrogens (tertiary/aromatic N) is 1. The smallest absolute Gasteiger partial charge is 0.0707 e. The zero-order valence-corrected chi connectivity index (χ0v) is 18.8. The van der Waals surface area contributed by atoms with Gasteiger partial charge in [-0.2, -0.15) is 0 Å². The van der Waals surface area contributed by atoms with E-state index in [1.54, 1.807) is 0 Å². The minimum Gasteiger partial charge on any atom is -0.256 e. The molecule has 1 saturated carbocycles.